The molecule has 2 atom stereocenters. The number of allylic oxidation sites excluding steroid dienone is 2. The van der Waals surface area contributed by atoms with Crippen LogP contribution in [0.4, 0.5) is 0 Å². The zero-order valence-corrected chi connectivity index (χ0v) is 30.6. The van der Waals surface area contributed by atoms with Crippen molar-refractivity contribution in [3.8, 4) is 23.0 Å². The Balaban J connectivity index is 1.37. The predicted molar refractivity (Wildman–Crippen MR) is 204 cm³/mol. The number of fused-ring (bicyclic) bond motifs is 3. The number of benzene rings is 3. The molecule has 0 radical (unpaired) electrons. The van der Waals surface area contributed by atoms with E-state index in [1.165, 1.54) is 50.8 Å². The Morgan fingerprint density at radius 1 is 0.776 bits per heavy atom. The van der Waals surface area contributed by atoms with Crippen LogP contribution in [0.3, 0.4) is 0 Å². The third-order valence-electron chi connectivity index (χ3n) is 10.4. The van der Waals surface area contributed by atoms with Crippen molar-refractivity contribution in [2.45, 2.75) is 98.8 Å². The van der Waals surface area contributed by atoms with Crippen LogP contribution in [0.25, 0.3) is 33.3 Å². The first-order valence-corrected chi connectivity index (χ1v) is 18.1. The summed E-state index contributed by atoms with van der Waals surface area (Å²) >= 11 is 0. The summed E-state index contributed by atoms with van der Waals surface area (Å²) in [4.78, 5) is 4.77. The van der Waals surface area contributed by atoms with Gasteiger partial charge in [0.05, 0.1) is 28.1 Å². The van der Waals surface area contributed by atoms with Gasteiger partial charge in [0.2, 0.25) is 0 Å². The highest BCUT2D eigenvalue weighted by atomic mass is 16.5. The van der Waals surface area contributed by atoms with Crippen molar-refractivity contribution in [1.29, 1.82) is 0 Å². The van der Waals surface area contributed by atoms with Crippen molar-refractivity contribution >= 4 is 21.8 Å². The minimum atomic E-state index is 0.309. The first-order valence-electron chi connectivity index (χ1n) is 18.1. The van der Waals surface area contributed by atoms with E-state index < -0.39 is 0 Å². The number of aromatic nitrogens is 4. The van der Waals surface area contributed by atoms with Gasteiger partial charge >= 0.3 is 0 Å². The van der Waals surface area contributed by atoms with Gasteiger partial charge in [0.25, 0.3) is 0 Å². The first-order chi connectivity index (χ1) is 23.5. The van der Waals surface area contributed by atoms with Crippen LogP contribution in [-0.2, 0) is 0 Å². The Morgan fingerprint density at radius 3 is 2.27 bits per heavy atom. The molecule has 0 bridgehead atoms. The standard InChI is InChI=1S/C44H50N4O/c1-26(2)32-22-33(48-44(28(5)6)42(43(46-48)27(3)4)41-30(8)13-12-14-31(41)9)24-35(23-32)49-34-17-18-37-36-15-10-11-16-38(36)47(39(37)25-34)40-21-29(7)19-20-45-40/h10-11,13,15-28,31,41H,12,14H2,1-9H3/t31-,41?/m0/s1. The molecule has 0 fully saturated rings. The highest BCUT2D eigenvalue weighted by Crippen LogP contribution is 2.45. The van der Waals surface area contributed by atoms with E-state index in [0.717, 1.165) is 40.5 Å². The highest BCUT2D eigenvalue weighted by molar-refractivity contribution is 6.09. The third kappa shape index (κ3) is 5.98. The Labute approximate surface area is 291 Å². The quantitative estimate of drug-likeness (QED) is 0.154. The van der Waals surface area contributed by atoms with E-state index in [4.69, 9.17) is 14.8 Å². The van der Waals surface area contributed by atoms with Crippen molar-refractivity contribution in [2.75, 3.05) is 0 Å². The lowest BCUT2D eigenvalue weighted by Crippen LogP contribution is -2.18. The Bertz CT molecular complexity index is 2190. The highest BCUT2D eigenvalue weighted by Gasteiger charge is 2.34. The number of nitrogens with zero attached hydrogens (tertiary/aromatic N) is 4. The molecule has 49 heavy (non-hydrogen) atoms. The van der Waals surface area contributed by atoms with E-state index in [1.54, 1.807) is 0 Å². The molecule has 0 amide bonds. The molecule has 3 heterocycles. The van der Waals surface area contributed by atoms with Crippen molar-refractivity contribution < 1.29 is 4.74 Å². The van der Waals surface area contributed by atoms with Gasteiger partial charge in [0.1, 0.15) is 17.3 Å². The minimum Gasteiger partial charge on any atom is -0.457 e. The number of rotatable bonds is 8. The molecule has 3 aromatic heterocycles. The van der Waals surface area contributed by atoms with E-state index in [-0.39, 0.29) is 0 Å². The van der Waals surface area contributed by atoms with Crippen molar-refractivity contribution in [2.24, 2.45) is 5.92 Å². The van der Waals surface area contributed by atoms with Crippen molar-refractivity contribution in [3.05, 3.63) is 119 Å². The van der Waals surface area contributed by atoms with E-state index in [0.29, 0.717) is 29.6 Å². The van der Waals surface area contributed by atoms with Crippen LogP contribution >= 0.6 is 0 Å². The maximum absolute atomic E-state index is 6.80. The Morgan fingerprint density at radius 2 is 1.55 bits per heavy atom. The minimum absolute atomic E-state index is 0.309. The van der Waals surface area contributed by atoms with Gasteiger partial charge in [-0.15, -0.1) is 0 Å². The number of ether oxygens (including phenoxy) is 1. The largest absolute Gasteiger partial charge is 0.457 e. The smallest absolute Gasteiger partial charge is 0.137 e. The van der Waals surface area contributed by atoms with Crippen LogP contribution in [0.15, 0.2) is 90.6 Å². The molecule has 5 heteroatoms. The van der Waals surface area contributed by atoms with Crippen LogP contribution in [0, 0.1) is 12.8 Å². The normalized spacial score (nSPS) is 16.8. The molecule has 0 saturated carbocycles. The molecular formula is C44H50N4O. The second-order valence-corrected chi connectivity index (χ2v) is 15.1. The summed E-state index contributed by atoms with van der Waals surface area (Å²) in [5.74, 6) is 4.44. The summed E-state index contributed by atoms with van der Waals surface area (Å²) in [6.07, 6.45) is 6.71. The molecule has 0 saturated heterocycles. The number of hydrogen-bond acceptors (Lipinski definition) is 3. The van der Waals surface area contributed by atoms with Gasteiger partial charge in [-0.05, 0) is 104 Å². The van der Waals surface area contributed by atoms with Crippen molar-refractivity contribution in [3.63, 3.8) is 0 Å². The van der Waals surface area contributed by atoms with Gasteiger partial charge in [0, 0.05) is 40.6 Å². The molecule has 0 N–H and O–H groups in total. The Kier molecular flexibility index (Phi) is 8.73. The maximum Gasteiger partial charge on any atom is 0.137 e. The van der Waals surface area contributed by atoms with E-state index in [9.17, 15) is 0 Å². The molecule has 5 nitrogen and oxygen atoms in total. The van der Waals surface area contributed by atoms with E-state index >= 15 is 0 Å². The molecule has 0 aliphatic heterocycles. The molecule has 1 aliphatic rings. The SMILES string of the molecule is CC1=CCC[C@H](C)C1c1c(C(C)C)nn(-c2cc(Oc3ccc4c5ccccc5n(-c5cc(C)ccn5)c4c3)cc(C(C)C)c2)c1C(C)C. The lowest BCUT2D eigenvalue weighted by Gasteiger charge is -2.31. The van der Waals surface area contributed by atoms with Gasteiger partial charge in [-0.1, -0.05) is 78.3 Å². The van der Waals surface area contributed by atoms with Crippen molar-refractivity contribution in [1.82, 2.24) is 19.3 Å². The average Bonchev–Trinajstić information content (AvgIpc) is 3.61. The molecule has 7 rings (SSSR count). The summed E-state index contributed by atoms with van der Waals surface area (Å²) in [7, 11) is 0. The lowest BCUT2D eigenvalue weighted by molar-refractivity contribution is 0.443. The summed E-state index contributed by atoms with van der Waals surface area (Å²) in [6.45, 7) is 20.5. The average molecular weight is 651 g/mol. The fourth-order valence-corrected chi connectivity index (χ4v) is 7.95. The number of pyridine rings is 1. The zero-order valence-electron chi connectivity index (χ0n) is 30.6. The molecule has 1 aliphatic carbocycles. The van der Waals surface area contributed by atoms with Gasteiger partial charge in [-0.3, -0.25) is 4.57 Å². The first kappa shape index (κ1) is 32.9. The maximum atomic E-state index is 6.80. The fraction of sp³-hybridized carbons (Fsp3) is 0.364. The summed E-state index contributed by atoms with van der Waals surface area (Å²) in [5.41, 5.74) is 11.1. The molecular weight excluding hydrogens is 601 g/mol. The van der Waals surface area contributed by atoms with Crippen LogP contribution < -0.4 is 4.74 Å². The third-order valence-corrected chi connectivity index (χ3v) is 10.4. The van der Waals surface area contributed by atoms with Gasteiger partial charge < -0.3 is 4.74 Å². The van der Waals surface area contributed by atoms with Crippen LogP contribution in [0.5, 0.6) is 11.5 Å². The van der Waals surface area contributed by atoms with Gasteiger partial charge in [-0.2, -0.15) is 5.10 Å². The molecule has 1 unspecified atom stereocenters. The number of aryl methyl sites for hydroxylation is 1. The molecule has 0 spiro atoms. The predicted octanol–water partition coefficient (Wildman–Crippen LogP) is 12.3. The fourth-order valence-electron chi connectivity index (χ4n) is 7.95. The van der Waals surface area contributed by atoms with E-state index in [2.05, 4.69) is 144 Å². The lowest BCUT2D eigenvalue weighted by atomic mass is 9.73. The van der Waals surface area contributed by atoms with Gasteiger partial charge in [-0.25, -0.2) is 9.67 Å². The zero-order chi connectivity index (χ0) is 34.6. The van der Waals surface area contributed by atoms with Gasteiger partial charge in [0.15, 0.2) is 0 Å². The topological polar surface area (TPSA) is 44.9 Å². The summed E-state index contributed by atoms with van der Waals surface area (Å²) in [6, 6.07) is 25.8. The second kappa shape index (κ2) is 13.0. The van der Waals surface area contributed by atoms with Crippen LogP contribution in [0.2, 0.25) is 0 Å². The monoisotopic (exact) mass is 650 g/mol. The molecule has 6 aromatic rings. The molecule has 3 aromatic carbocycles. The van der Waals surface area contributed by atoms with Crippen LogP contribution in [-0.4, -0.2) is 19.3 Å². The summed E-state index contributed by atoms with van der Waals surface area (Å²) < 4.78 is 11.3. The number of para-hydroxylation sites is 1. The number of hydrogen-bond donors (Lipinski definition) is 0. The Hall–Kier alpha value is -4.64. The van der Waals surface area contributed by atoms with E-state index in [1.807, 2.05) is 12.3 Å². The van der Waals surface area contributed by atoms with Crippen LogP contribution in [0.1, 0.15) is 120 Å². The molecule has 252 valence electrons. The summed E-state index contributed by atoms with van der Waals surface area (Å²) in [5, 5.41) is 7.81. The second-order valence-electron chi connectivity index (χ2n) is 15.1.